The molecule has 0 aliphatic carbocycles. The normalized spacial score (nSPS) is 11.7. The third kappa shape index (κ3) is 4.60. The van der Waals surface area contributed by atoms with Crippen LogP contribution in [0.2, 0.25) is 5.02 Å². The molecule has 122 valence electrons. The van der Waals surface area contributed by atoms with Gasteiger partial charge in [-0.25, -0.2) is 0 Å². The molecule has 2 rings (SSSR count). The Morgan fingerprint density at radius 3 is 2.57 bits per heavy atom. The second-order valence-corrected chi connectivity index (χ2v) is 6.34. The van der Waals surface area contributed by atoms with Crippen LogP contribution in [-0.2, 0) is 0 Å². The Hall–Kier alpha value is -1.78. The van der Waals surface area contributed by atoms with Gasteiger partial charge in [0.25, 0.3) is 0 Å². The Kier molecular flexibility index (Phi) is 5.85. The van der Waals surface area contributed by atoms with Crippen molar-refractivity contribution in [1.82, 2.24) is 5.32 Å². The van der Waals surface area contributed by atoms with Gasteiger partial charge in [0.2, 0.25) is 0 Å². The summed E-state index contributed by atoms with van der Waals surface area (Å²) in [6, 6.07) is 11.9. The zero-order chi connectivity index (χ0) is 17.0. The molecule has 2 aromatic carbocycles. The van der Waals surface area contributed by atoms with Crippen LogP contribution in [0.1, 0.15) is 29.7 Å². The lowest BCUT2D eigenvalue weighted by Crippen LogP contribution is -2.31. The molecule has 0 saturated heterocycles. The lowest BCUT2D eigenvalue weighted by molar-refractivity contribution is 0.405. The lowest BCUT2D eigenvalue weighted by Gasteiger charge is -2.20. The van der Waals surface area contributed by atoms with Crippen LogP contribution in [0.3, 0.4) is 0 Å². The summed E-state index contributed by atoms with van der Waals surface area (Å²) in [7, 11) is 1.67. The van der Waals surface area contributed by atoms with Crippen molar-refractivity contribution in [3.63, 3.8) is 0 Å². The molecule has 0 aliphatic heterocycles. The molecule has 0 aliphatic rings. The van der Waals surface area contributed by atoms with Crippen molar-refractivity contribution >= 4 is 34.6 Å². The molecule has 5 heteroatoms. The standard InChI is InChI=1S/C18H21ClN2OS/c1-11-5-8-17(22-4)15(9-11)13(3)20-18(23)21-14-7-6-12(2)16(19)10-14/h5-10,13H,1-4H3,(H2,20,21,23)/t13-/m1/s1. The monoisotopic (exact) mass is 348 g/mol. The second-order valence-electron chi connectivity index (χ2n) is 5.53. The maximum atomic E-state index is 6.14. The fourth-order valence-corrected chi connectivity index (χ4v) is 2.78. The lowest BCUT2D eigenvalue weighted by atomic mass is 10.0. The van der Waals surface area contributed by atoms with Gasteiger partial charge in [-0.2, -0.15) is 0 Å². The number of anilines is 1. The van der Waals surface area contributed by atoms with Gasteiger partial charge in [-0.1, -0.05) is 35.4 Å². The minimum absolute atomic E-state index is 0.0192. The number of nitrogens with one attached hydrogen (secondary N) is 2. The van der Waals surface area contributed by atoms with Gasteiger partial charge < -0.3 is 15.4 Å². The smallest absolute Gasteiger partial charge is 0.171 e. The molecule has 0 fully saturated rings. The van der Waals surface area contributed by atoms with E-state index >= 15 is 0 Å². The first kappa shape index (κ1) is 17.6. The summed E-state index contributed by atoms with van der Waals surface area (Å²) in [5.74, 6) is 0.844. The molecule has 23 heavy (non-hydrogen) atoms. The van der Waals surface area contributed by atoms with Crippen molar-refractivity contribution in [3.8, 4) is 5.75 Å². The third-order valence-corrected chi connectivity index (χ3v) is 4.26. The van der Waals surface area contributed by atoms with Crippen LogP contribution in [0, 0.1) is 13.8 Å². The molecule has 3 nitrogen and oxygen atoms in total. The molecule has 2 aromatic rings. The van der Waals surface area contributed by atoms with Gasteiger partial charge >= 0.3 is 0 Å². The first-order valence-corrected chi connectivity index (χ1v) is 8.17. The fourth-order valence-electron chi connectivity index (χ4n) is 2.30. The second kappa shape index (κ2) is 7.66. The van der Waals surface area contributed by atoms with Gasteiger partial charge in [0.15, 0.2) is 5.11 Å². The van der Waals surface area contributed by atoms with Crippen LogP contribution in [-0.4, -0.2) is 12.2 Å². The highest BCUT2D eigenvalue weighted by Crippen LogP contribution is 2.26. The van der Waals surface area contributed by atoms with Gasteiger partial charge in [-0.3, -0.25) is 0 Å². The van der Waals surface area contributed by atoms with E-state index in [1.54, 1.807) is 7.11 Å². The third-order valence-electron chi connectivity index (χ3n) is 3.63. The predicted octanol–water partition coefficient (Wildman–Crippen LogP) is 5.01. The molecular weight excluding hydrogens is 328 g/mol. The minimum Gasteiger partial charge on any atom is -0.496 e. The van der Waals surface area contributed by atoms with Crippen LogP contribution in [0.5, 0.6) is 5.75 Å². The van der Waals surface area contributed by atoms with Crippen molar-refractivity contribution in [2.45, 2.75) is 26.8 Å². The molecular formula is C18H21ClN2OS. The highest BCUT2D eigenvalue weighted by molar-refractivity contribution is 7.80. The molecule has 0 unspecified atom stereocenters. The number of halogens is 1. The van der Waals surface area contributed by atoms with E-state index in [4.69, 9.17) is 28.6 Å². The Labute approximate surface area is 148 Å². The topological polar surface area (TPSA) is 33.3 Å². The van der Waals surface area contributed by atoms with E-state index in [0.29, 0.717) is 10.1 Å². The van der Waals surface area contributed by atoms with E-state index in [1.165, 1.54) is 5.56 Å². The van der Waals surface area contributed by atoms with Gasteiger partial charge in [0.1, 0.15) is 5.75 Å². The van der Waals surface area contributed by atoms with Crippen molar-refractivity contribution in [2.75, 3.05) is 12.4 Å². The molecule has 0 saturated carbocycles. The SMILES string of the molecule is COc1ccc(C)cc1[C@@H](C)NC(=S)Nc1ccc(C)c(Cl)c1. The van der Waals surface area contributed by atoms with Crippen LogP contribution in [0.15, 0.2) is 36.4 Å². The number of hydrogen-bond acceptors (Lipinski definition) is 2. The van der Waals surface area contributed by atoms with Crippen molar-refractivity contribution in [3.05, 3.63) is 58.1 Å². The van der Waals surface area contributed by atoms with Crippen molar-refractivity contribution < 1.29 is 4.74 Å². The van der Waals surface area contributed by atoms with Crippen LogP contribution < -0.4 is 15.4 Å². The Balaban J connectivity index is 2.07. The summed E-state index contributed by atoms with van der Waals surface area (Å²) in [6.07, 6.45) is 0. The number of aryl methyl sites for hydroxylation is 2. The van der Waals surface area contributed by atoms with E-state index in [1.807, 2.05) is 44.2 Å². The highest BCUT2D eigenvalue weighted by Gasteiger charge is 2.13. The summed E-state index contributed by atoms with van der Waals surface area (Å²) in [5, 5.41) is 7.69. The Bertz CT molecular complexity index is 718. The summed E-state index contributed by atoms with van der Waals surface area (Å²) in [5.41, 5.74) is 4.15. The zero-order valence-corrected chi connectivity index (χ0v) is 15.3. The quantitative estimate of drug-likeness (QED) is 0.761. The largest absolute Gasteiger partial charge is 0.496 e. The summed E-state index contributed by atoms with van der Waals surface area (Å²) in [6.45, 7) is 6.07. The number of hydrogen-bond donors (Lipinski definition) is 2. The minimum atomic E-state index is 0.0192. The average Bonchev–Trinajstić information content (AvgIpc) is 2.50. The van der Waals surface area contributed by atoms with Gasteiger partial charge in [-0.15, -0.1) is 0 Å². The predicted molar refractivity (Wildman–Crippen MR) is 102 cm³/mol. The summed E-state index contributed by atoms with van der Waals surface area (Å²) in [4.78, 5) is 0. The van der Waals surface area contributed by atoms with Crippen molar-refractivity contribution in [1.29, 1.82) is 0 Å². The first-order chi connectivity index (χ1) is 10.9. The molecule has 0 spiro atoms. The highest BCUT2D eigenvalue weighted by atomic mass is 35.5. The number of rotatable bonds is 4. The maximum Gasteiger partial charge on any atom is 0.171 e. The van der Waals surface area contributed by atoms with E-state index < -0.39 is 0 Å². The average molecular weight is 349 g/mol. The number of benzene rings is 2. The van der Waals surface area contributed by atoms with E-state index in [-0.39, 0.29) is 6.04 Å². The number of thiocarbonyl (C=S) groups is 1. The molecule has 0 amide bonds. The zero-order valence-electron chi connectivity index (χ0n) is 13.7. The summed E-state index contributed by atoms with van der Waals surface area (Å²) >= 11 is 11.5. The van der Waals surface area contributed by atoms with Gasteiger partial charge in [-0.05, 0) is 56.8 Å². The molecule has 2 N–H and O–H groups in total. The number of methoxy groups -OCH3 is 1. The van der Waals surface area contributed by atoms with E-state index in [0.717, 1.165) is 22.6 Å². The molecule has 0 aromatic heterocycles. The molecule has 0 bridgehead atoms. The summed E-state index contributed by atoms with van der Waals surface area (Å²) < 4.78 is 5.43. The molecule has 0 heterocycles. The molecule has 0 radical (unpaired) electrons. The van der Waals surface area contributed by atoms with E-state index in [2.05, 4.69) is 23.6 Å². The maximum absolute atomic E-state index is 6.14. The van der Waals surface area contributed by atoms with Crippen LogP contribution >= 0.6 is 23.8 Å². The molecule has 1 atom stereocenters. The van der Waals surface area contributed by atoms with Gasteiger partial charge in [0, 0.05) is 16.3 Å². The fraction of sp³-hybridized carbons (Fsp3) is 0.278. The Morgan fingerprint density at radius 1 is 1.17 bits per heavy atom. The first-order valence-electron chi connectivity index (χ1n) is 7.39. The van der Waals surface area contributed by atoms with Crippen LogP contribution in [0.4, 0.5) is 5.69 Å². The number of ether oxygens (including phenoxy) is 1. The van der Waals surface area contributed by atoms with E-state index in [9.17, 15) is 0 Å². The van der Waals surface area contributed by atoms with Gasteiger partial charge in [0.05, 0.1) is 13.2 Å². The van der Waals surface area contributed by atoms with Crippen LogP contribution in [0.25, 0.3) is 0 Å². The Morgan fingerprint density at radius 2 is 1.91 bits per heavy atom. The van der Waals surface area contributed by atoms with Crippen molar-refractivity contribution in [2.24, 2.45) is 0 Å².